The minimum atomic E-state index is 1.24. The van der Waals surface area contributed by atoms with Crippen molar-refractivity contribution in [2.45, 2.75) is 0 Å². The summed E-state index contributed by atoms with van der Waals surface area (Å²) in [5, 5.41) is 20.6. The summed E-state index contributed by atoms with van der Waals surface area (Å²) in [6, 6.07) is 67.7. The van der Waals surface area contributed by atoms with Gasteiger partial charge in [0.25, 0.3) is 0 Å². The van der Waals surface area contributed by atoms with E-state index >= 15 is 0 Å². The van der Waals surface area contributed by atoms with Gasteiger partial charge >= 0.3 is 0 Å². The summed E-state index contributed by atoms with van der Waals surface area (Å²) in [7, 11) is 0. The van der Waals surface area contributed by atoms with Gasteiger partial charge in [-0.05, 0) is 133 Å². The van der Waals surface area contributed by atoms with Gasteiger partial charge in [0.1, 0.15) is 0 Å². The smallest absolute Gasteiger partial charge is 0.00928 e. The fourth-order valence-corrected chi connectivity index (χ4v) is 8.50. The first-order chi connectivity index (χ1) is 24.8. The lowest BCUT2D eigenvalue weighted by molar-refractivity contribution is 1.68. The van der Waals surface area contributed by atoms with Crippen molar-refractivity contribution in [3.8, 4) is 22.3 Å². The van der Waals surface area contributed by atoms with E-state index in [1.54, 1.807) is 0 Å². The minimum Gasteiger partial charge on any atom is -0.0616 e. The maximum absolute atomic E-state index is 2.40. The molecule has 0 heterocycles. The van der Waals surface area contributed by atoms with Crippen LogP contribution in [-0.2, 0) is 0 Å². The molecule has 0 saturated heterocycles. The molecule has 0 fully saturated rings. The molecular weight excluding hydrogens is 601 g/mol. The molecule has 0 heteroatoms. The number of rotatable bonds is 2. The molecule has 0 atom stereocenters. The predicted octanol–water partition coefficient (Wildman–Crippen LogP) is 14.2. The molecule has 230 valence electrons. The van der Waals surface area contributed by atoms with E-state index in [1.165, 1.54) is 108 Å². The Kier molecular flexibility index (Phi) is 5.76. The lowest BCUT2D eigenvalue weighted by Gasteiger charge is -2.14. The van der Waals surface area contributed by atoms with E-state index < -0.39 is 0 Å². The van der Waals surface area contributed by atoms with Crippen molar-refractivity contribution in [3.05, 3.63) is 182 Å². The molecule has 0 bridgehead atoms. The van der Waals surface area contributed by atoms with E-state index in [9.17, 15) is 0 Å². The van der Waals surface area contributed by atoms with Crippen LogP contribution >= 0.6 is 0 Å². The van der Waals surface area contributed by atoms with Crippen LogP contribution in [0.2, 0.25) is 0 Å². The first-order valence-electron chi connectivity index (χ1n) is 17.4. The van der Waals surface area contributed by atoms with Crippen molar-refractivity contribution >= 4 is 86.2 Å². The second-order valence-electron chi connectivity index (χ2n) is 13.7. The van der Waals surface area contributed by atoms with Crippen LogP contribution in [0.3, 0.4) is 0 Å². The molecule has 0 radical (unpaired) electrons. The van der Waals surface area contributed by atoms with Crippen molar-refractivity contribution < 1.29 is 0 Å². The molecule has 11 aromatic rings. The van der Waals surface area contributed by atoms with Gasteiger partial charge < -0.3 is 0 Å². The summed E-state index contributed by atoms with van der Waals surface area (Å²) < 4.78 is 0. The third-order valence-electron chi connectivity index (χ3n) is 11.0. The fraction of sp³-hybridized carbons (Fsp3) is 0. The van der Waals surface area contributed by atoms with Gasteiger partial charge in [0.05, 0.1) is 0 Å². The molecule has 11 rings (SSSR count). The van der Waals surface area contributed by atoms with Crippen LogP contribution in [0.1, 0.15) is 0 Å². The van der Waals surface area contributed by atoms with E-state index in [-0.39, 0.29) is 0 Å². The van der Waals surface area contributed by atoms with Gasteiger partial charge in [0.15, 0.2) is 0 Å². The molecule has 0 spiro atoms. The summed E-state index contributed by atoms with van der Waals surface area (Å²) in [6.07, 6.45) is 0. The Bertz CT molecular complexity index is 3180. The monoisotopic (exact) mass is 630 g/mol. The number of hydrogen-bond donors (Lipinski definition) is 0. The first-order valence-corrected chi connectivity index (χ1v) is 17.4. The van der Waals surface area contributed by atoms with Crippen LogP contribution in [0.15, 0.2) is 182 Å². The molecule has 0 amide bonds. The molecule has 11 aromatic carbocycles. The molecule has 0 saturated carbocycles. The molecule has 0 aliphatic carbocycles. The lowest BCUT2D eigenvalue weighted by atomic mass is 9.89. The van der Waals surface area contributed by atoms with Crippen molar-refractivity contribution in [1.29, 1.82) is 0 Å². The Balaban J connectivity index is 1.09. The molecule has 0 N–H and O–H groups in total. The van der Waals surface area contributed by atoms with Crippen LogP contribution in [0.5, 0.6) is 0 Å². The average Bonchev–Trinajstić information content (AvgIpc) is 3.20. The molecular formula is C50H30. The maximum atomic E-state index is 2.40. The molecule has 0 aromatic heterocycles. The number of benzene rings is 11. The summed E-state index contributed by atoms with van der Waals surface area (Å²) in [5.41, 5.74) is 4.96. The second-order valence-corrected chi connectivity index (χ2v) is 13.7. The van der Waals surface area contributed by atoms with Crippen molar-refractivity contribution in [1.82, 2.24) is 0 Å². The van der Waals surface area contributed by atoms with E-state index in [0.29, 0.717) is 0 Å². The Morgan fingerprint density at radius 1 is 0.160 bits per heavy atom. The largest absolute Gasteiger partial charge is 0.0616 e. The topological polar surface area (TPSA) is 0 Å². The van der Waals surface area contributed by atoms with E-state index in [2.05, 4.69) is 182 Å². The number of hydrogen-bond acceptors (Lipinski definition) is 0. The van der Waals surface area contributed by atoms with Gasteiger partial charge in [-0.25, -0.2) is 0 Å². The third-order valence-corrected chi connectivity index (χ3v) is 11.0. The van der Waals surface area contributed by atoms with Crippen LogP contribution in [0.4, 0.5) is 0 Å². The normalized spacial score (nSPS) is 12.0. The Labute approximate surface area is 289 Å². The molecule has 0 aliphatic rings. The van der Waals surface area contributed by atoms with Crippen LogP contribution in [0, 0.1) is 0 Å². The predicted molar refractivity (Wildman–Crippen MR) is 217 cm³/mol. The molecule has 0 aliphatic heterocycles. The van der Waals surface area contributed by atoms with Gasteiger partial charge in [-0.15, -0.1) is 0 Å². The van der Waals surface area contributed by atoms with Gasteiger partial charge in [-0.3, -0.25) is 0 Å². The summed E-state index contributed by atoms with van der Waals surface area (Å²) >= 11 is 0. The lowest BCUT2D eigenvalue weighted by Crippen LogP contribution is -1.87. The summed E-state index contributed by atoms with van der Waals surface area (Å²) in [5.74, 6) is 0. The zero-order chi connectivity index (χ0) is 32.8. The Hall–Kier alpha value is -6.50. The second kappa shape index (κ2) is 10.5. The molecule has 50 heavy (non-hydrogen) atoms. The first kappa shape index (κ1) is 27.5. The highest BCUT2D eigenvalue weighted by molar-refractivity contribution is 6.26. The average molecular weight is 631 g/mol. The van der Waals surface area contributed by atoms with Crippen LogP contribution in [0.25, 0.3) is 108 Å². The van der Waals surface area contributed by atoms with Crippen molar-refractivity contribution in [2.75, 3.05) is 0 Å². The van der Waals surface area contributed by atoms with Crippen LogP contribution in [-0.4, -0.2) is 0 Å². The molecule has 0 nitrogen and oxygen atoms in total. The van der Waals surface area contributed by atoms with Gasteiger partial charge in [-0.1, -0.05) is 158 Å². The van der Waals surface area contributed by atoms with Crippen LogP contribution < -0.4 is 0 Å². The standard InChI is InChI=1S/C50H30/c1-3-9-39-32(8-1)19-24-44-43(39)23-20-34-16-18-36(28-48(34)44)38-22-26-46-45-25-21-37(29-49(45)41-11-5-6-12-42(41)50(46)30-38)35-17-15-33-14-13-31-7-2-4-10-40(31)47(33)27-35/h1-30H. The summed E-state index contributed by atoms with van der Waals surface area (Å²) in [4.78, 5) is 0. The summed E-state index contributed by atoms with van der Waals surface area (Å²) in [6.45, 7) is 0. The highest BCUT2D eigenvalue weighted by Crippen LogP contribution is 2.41. The SMILES string of the molecule is c1ccc2c(c1)ccc1ccc(-c3ccc4c5ccc(-c6ccc7ccc8c9ccccc9ccc8c7c6)cc5c5ccccc5c4c3)cc12. The van der Waals surface area contributed by atoms with Gasteiger partial charge in [0.2, 0.25) is 0 Å². The molecule has 0 unspecified atom stereocenters. The quantitative estimate of drug-likeness (QED) is 0.167. The fourth-order valence-electron chi connectivity index (χ4n) is 8.50. The zero-order valence-corrected chi connectivity index (χ0v) is 27.3. The zero-order valence-electron chi connectivity index (χ0n) is 27.3. The highest BCUT2D eigenvalue weighted by Gasteiger charge is 2.13. The van der Waals surface area contributed by atoms with Crippen molar-refractivity contribution in [2.24, 2.45) is 0 Å². The highest BCUT2D eigenvalue weighted by atomic mass is 14.2. The third kappa shape index (κ3) is 4.06. The van der Waals surface area contributed by atoms with E-state index in [4.69, 9.17) is 0 Å². The Morgan fingerprint density at radius 3 is 0.940 bits per heavy atom. The Morgan fingerprint density at radius 2 is 0.420 bits per heavy atom. The van der Waals surface area contributed by atoms with Crippen molar-refractivity contribution in [3.63, 3.8) is 0 Å². The minimum absolute atomic E-state index is 1.24. The maximum Gasteiger partial charge on any atom is -0.00928 e. The number of fused-ring (bicyclic) bond motifs is 14. The van der Waals surface area contributed by atoms with Gasteiger partial charge in [0, 0.05) is 0 Å². The van der Waals surface area contributed by atoms with Gasteiger partial charge in [-0.2, -0.15) is 0 Å². The van der Waals surface area contributed by atoms with E-state index in [1.807, 2.05) is 0 Å². The van der Waals surface area contributed by atoms with E-state index in [0.717, 1.165) is 0 Å².